The zero-order valence-corrected chi connectivity index (χ0v) is 17.8. The Hall–Kier alpha value is -2.08. The molecule has 1 amide bonds. The average molecular weight is 435 g/mol. The Kier molecular flexibility index (Phi) is 7.53. The van der Waals surface area contributed by atoms with E-state index < -0.39 is 5.97 Å². The van der Waals surface area contributed by atoms with Crippen LogP contribution in [0.1, 0.15) is 35.7 Å². The van der Waals surface area contributed by atoms with E-state index in [2.05, 4.69) is 10.2 Å². The highest BCUT2D eigenvalue weighted by molar-refractivity contribution is 6.34. The fourth-order valence-corrected chi connectivity index (χ4v) is 3.89. The normalized spacial score (nSPS) is 15.1. The standard InChI is InChI=1S/C22H24Cl2N2O3/c1-2-29-22(28)18-8-7-17(13-20(18)24)25-21(27)15-9-11-26(12-10-15)14-16-5-3-4-6-19(16)23/h3-8,13,15H,2,9-12,14H2,1H3,(H,25,27). The van der Waals surface area contributed by atoms with E-state index in [0.29, 0.717) is 11.3 Å². The van der Waals surface area contributed by atoms with Crippen molar-refractivity contribution in [2.24, 2.45) is 5.92 Å². The molecule has 5 nitrogen and oxygen atoms in total. The molecule has 0 atom stereocenters. The maximum absolute atomic E-state index is 12.6. The van der Waals surface area contributed by atoms with Gasteiger partial charge in [0.25, 0.3) is 0 Å². The molecule has 3 rings (SSSR count). The van der Waals surface area contributed by atoms with Gasteiger partial charge in [0.05, 0.1) is 17.2 Å². The summed E-state index contributed by atoms with van der Waals surface area (Å²) in [5.74, 6) is -0.551. The van der Waals surface area contributed by atoms with Crippen LogP contribution in [-0.2, 0) is 16.1 Å². The molecule has 1 heterocycles. The van der Waals surface area contributed by atoms with E-state index in [0.717, 1.165) is 43.1 Å². The summed E-state index contributed by atoms with van der Waals surface area (Å²) in [7, 11) is 0. The molecule has 7 heteroatoms. The lowest BCUT2D eigenvalue weighted by atomic mass is 9.95. The quantitative estimate of drug-likeness (QED) is 0.648. The molecule has 0 bridgehead atoms. The van der Waals surface area contributed by atoms with Gasteiger partial charge in [-0.1, -0.05) is 41.4 Å². The molecule has 154 valence electrons. The van der Waals surface area contributed by atoms with E-state index in [9.17, 15) is 9.59 Å². The van der Waals surface area contributed by atoms with Crippen LogP contribution in [0.3, 0.4) is 0 Å². The summed E-state index contributed by atoms with van der Waals surface area (Å²) in [5, 5.41) is 3.94. The van der Waals surface area contributed by atoms with Gasteiger partial charge >= 0.3 is 5.97 Å². The minimum atomic E-state index is -0.471. The van der Waals surface area contributed by atoms with E-state index in [-0.39, 0.29) is 23.5 Å². The number of amides is 1. The lowest BCUT2D eigenvalue weighted by Crippen LogP contribution is -2.37. The third kappa shape index (κ3) is 5.72. The SMILES string of the molecule is CCOC(=O)c1ccc(NC(=O)C2CCN(Cc3ccccc3Cl)CC2)cc1Cl. The van der Waals surface area contributed by atoms with Gasteiger partial charge in [0.1, 0.15) is 0 Å². The number of esters is 1. The number of carbonyl (C=O) groups excluding carboxylic acids is 2. The van der Waals surface area contributed by atoms with E-state index in [1.54, 1.807) is 25.1 Å². The Balaban J connectivity index is 1.53. The van der Waals surface area contributed by atoms with Gasteiger partial charge in [-0.2, -0.15) is 0 Å². The first-order valence-corrected chi connectivity index (χ1v) is 10.5. The molecule has 1 aliphatic heterocycles. The Bertz CT molecular complexity index is 880. The van der Waals surface area contributed by atoms with Crippen molar-refractivity contribution in [1.29, 1.82) is 0 Å². The van der Waals surface area contributed by atoms with Gasteiger partial charge in [-0.3, -0.25) is 9.69 Å². The average Bonchev–Trinajstić information content (AvgIpc) is 2.70. The lowest BCUT2D eigenvalue weighted by molar-refractivity contribution is -0.121. The predicted octanol–water partition coefficient (Wildman–Crippen LogP) is 5.02. The van der Waals surface area contributed by atoms with E-state index in [4.69, 9.17) is 27.9 Å². The van der Waals surface area contributed by atoms with E-state index >= 15 is 0 Å². The van der Waals surface area contributed by atoms with Crippen molar-refractivity contribution < 1.29 is 14.3 Å². The van der Waals surface area contributed by atoms with Crippen molar-refractivity contribution in [2.75, 3.05) is 25.0 Å². The van der Waals surface area contributed by atoms with Gasteiger partial charge < -0.3 is 10.1 Å². The maximum Gasteiger partial charge on any atom is 0.339 e. The van der Waals surface area contributed by atoms with Crippen molar-refractivity contribution in [3.05, 3.63) is 63.6 Å². The zero-order valence-electron chi connectivity index (χ0n) is 16.3. The first-order chi connectivity index (χ1) is 14.0. The fraction of sp³-hybridized carbons (Fsp3) is 0.364. The summed E-state index contributed by atoms with van der Waals surface area (Å²) in [6, 6.07) is 12.7. The van der Waals surface area contributed by atoms with Gasteiger partial charge in [-0.15, -0.1) is 0 Å². The number of likely N-dealkylation sites (tertiary alicyclic amines) is 1. The number of nitrogens with zero attached hydrogens (tertiary/aromatic N) is 1. The van der Waals surface area contributed by atoms with E-state index in [1.807, 2.05) is 24.3 Å². The Labute approximate surface area is 180 Å². The highest BCUT2D eigenvalue weighted by Gasteiger charge is 2.25. The Morgan fingerprint density at radius 1 is 1.10 bits per heavy atom. The maximum atomic E-state index is 12.6. The van der Waals surface area contributed by atoms with Gasteiger partial charge in [0.2, 0.25) is 5.91 Å². The van der Waals surface area contributed by atoms with Crippen LogP contribution in [0.25, 0.3) is 0 Å². The minimum Gasteiger partial charge on any atom is -0.462 e. The van der Waals surface area contributed by atoms with Crippen LogP contribution >= 0.6 is 23.2 Å². The topological polar surface area (TPSA) is 58.6 Å². The number of rotatable bonds is 6. The molecule has 0 saturated carbocycles. The molecular formula is C22H24Cl2N2O3. The first-order valence-electron chi connectivity index (χ1n) is 9.71. The molecule has 1 saturated heterocycles. The number of piperidine rings is 1. The van der Waals surface area contributed by atoms with Crippen LogP contribution in [-0.4, -0.2) is 36.5 Å². The molecular weight excluding hydrogens is 411 g/mol. The smallest absolute Gasteiger partial charge is 0.339 e. The monoisotopic (exact) mass is 434 g/mol. The molecule has 1 fully saturated rings. The summed E-state index contributed by atoms with van der Waals surface area (Å²) in [5.41, 5.74) is 1.97. The second-order valence-corrected chi connectivity index (χ2v) is 7.86. The zero-order chi connectivity index (χ0) is 20.8. The number of anilines is 1. The third-order valence-electron chi connectivity index (χ3n) is 5.04. The van der Waals surface area contributed by atoms with Gasteiger partial charge in [-0.05, 0) is 62.7 Å². The minimum absolute atomic E-state index is 0.0256. The highest BCUT2D eigenvalue weighted by atomic mass is 35.5. The molecule has 0 radical (unpaired) electrons. The summed E-state index contributed by atoms with van der Waals surface area (Å²) in [4.78, 5) is 26.8. The number of nitrogens with one attached hydrogen (secondary N) is 1. The lowest BCUT2D eigenvalue weighted by Gasteiger charge is -2.31. The molecule has 29 heavy (non-hydrogen) atoms. The second-order valence-electron chi connectivity index (χ2n) is 7.05. The first kappa shape index (κ1) is 21.6. The number of ether oxygens (including phenoxy) is 1. The largest absolute Gasteiger partial charge is 0.462 e. The molecule has 0 aromatic heterocycles. The van der Waals surface area contributed by atoms with Crippen LogP contribution in [0.4, 0.5) is 5.69 Å². The second kappa shape index (κ2) is 10.1. The predicted molar refractivity (Wildman–Crippen MR) is 115 cm³/mol. The summed E-state index contributed by atoms with van der Waals surface area (Å²) >= 11 is 12.4. The molecule has 0 unspecified atom stereocenters. The summed E-state index contributed by atoms with van der Waals surface area (Å²) in [6.07, 6.45) is 1.57. The van der Waals surface area contributed by atoms with Crippen molar-refractivity contribution in [1.82, 2.24) is 4.90 Å². The van der Waals surface area contributed by atoms with Crippen molar-refractivity contribution in [2.45, 2.75) is 26.3 Å². The van der Waals surface area contributed by atoms with Crippen molar-refractivity contribution in [3.8, 4) is 0 Å². The Morgan fingerprint density at radius 2 is 1.83 bits per heavy atom. The number of hydrogen-bond donors (Lipinski definition) is 1. The number of halogens is 2. The number of benzene rings is 2. The van der Waals surface area contributed by atoms with Gasteiger partial charge in [-0.25, -0.2) is 4.79 Å². The molecule has 2 aromatic carbocycles. The molecule has 1 aliphatic rings. The number of carbonyl (C=O) groups is 2. The summed E-state index contributed by atoms with van der Waals surface area (Å²) in [6.45, 7) is 4.49. The molecule has 1 N–H and O–H groups in total. The van der Waals surface area contributed by atoms with E-state index in [1.165, 1.54) is 0 Å². The fourth-order valence-electron chi connectivity index (χ4n) is 3.43. The molecule has 0 spiro atoms. The molecule has 0 aliphatic carbocycles. The van der Waals surface area contributed by atoms with Gasteiger partial charge in [0, 0.05) is 23.2 Å². The number of hydrogen-bond acceptors (Lipinski definition) is 4. The van der Waals surface area contributed by atoms with Crippen LogP contribution in [0, 0.1) is 5.92 Å². The third-order valence-corrected chi connectivity index (χ3v) is 5.72. The van der Waals surface area contributed by atoms with Crippen LogP contribution in [0.5, 0.6) is 0 Å². The van der Waals surface area contributed by atoms with Crippen LogP contribution < -0.4 is 5.32 Å². The highest BCUT2D eigenvalue weighted by Crippen LogP contribution is 2.25. The summed E-state index contributed by atoms with van der Waals surface area (Å²) < 4.78 is 4.96. The van der Waals surface area contributed by atoms with Crippen LogP contribution in [0.15, 0.2) is 42.5 Å². The van der Waals surface area contributed by atoms with Gasteiger partial charge in [0.15, 0.2) is 0 Å². The van der Waals surface area contributed by atoms with Crippen molar-refractivity contribution >= 4 is 40.8 Å². The van der Waals surface area contributed by atoms with Crippen molar-refractivity contribution in [3.63, 3.8) is 0 Å². The molecule has 2 aromatic rings. The van der Waals surface area contributed by atoms with Crippen LogP contribution in [0.2, 0.25) is 10.0 Å². The Morgan fingerprint density at radius 3 is 2.48 bits per heavy atom.